The molecule has 0 spiro atoms. The number of rotatable bonds is 6. The zero-order valence-electron chi connectivity index (χ0n) is 14.8. The quantitative estimate of drug-likeness (QED) is 0.837. The molecule has 0 aromatic heterocycles. The molecule has 1 aromatic carbocycles. The molecule has 0 bridgehead atoms. The van der Waals surface area contributed by atoms with Crippen molar-refractivity contribution in [2.45, 2.75) is 52.2 Å². The van der Waals surface area contributed by atoms with Crippen molar-refractivity contribution in [1.29, 1.82) is 0 Å². The summed E-state index contributed by atoms with van der Waals surface area (Å²) < 4.78 is 0. The van der Waals surface area contributed by atoms with Crippen LogP contribution in [0.5, 0.6) is 0 Å². The van der Waals surface area contributed by atoms with Gasteiger partial charge in [-0.25, -0.2) is 0 Å². The maximum atomic E-state index is 12.3. The van der Waals surface area contributed by atoms with E-state index in [2.05, 4.69) is 11.4 Å². The number of carbonyl (C=O) groups excluding carboxylic acids is 2. The molecule has 0 aliphatic carbocycles. The molecule has 0 radical (unpaired) electrons. The Balaban J connectivity index is 2.02. The van der Waals surface area contributed by atoms with Gasteiger partial charge in [-0.1, -0.05) is 38.1 Å². The summed E-state index contributed by atoms with van der Waals surface area (Å²) >= 11 is 0. The molecule has 1 aromatic rings. The Morgan fingerprint density at radius 2 is 2.04 bits per heavy atom. The van der Waals surface area contributed by atoms with E-state index in [0.717, 1.165) is 12.0 Å². The molecule has 2 atom stereocenters. The van der Waals surface area contributed by atoms with Gasteiger partial charge >= 0.3 is 0 Å². The van der Waals surface area contributed by atoms with Gasteiger partial charge in [-0.05, 0) is 29.9 Å². The third kappa shape index (κ3) is 4.81. The van der Waals surface area contributed by atoms with Gasteiger partial charge in [0.15, 0.2) is 0 Å². The van der Waals surface area contributed by atoms with Gasteiger partial charge in [0.2, 0.25) is 11.8 Å². The van der Waals surface area contributed by atoms with Gasteiger partial charge in [0.1, 0.15) is 0 Å². The highest BCUT2D eigenvalue weighted by Crippen LogP contribution is 2.32. The van der Waals surface area contributed by atoms with E-state index in [-0.39, 0.29) is 30.8 Å². The van der Waals surface area contributed by atoms with Crippen molar-refractivity contribution in [3.63, 3.8) is 0 Å². The average Bonchev–Trinajstić information content (AvgIpc) is 2.52. The van der Waals surface area contributed by atoms with Crippen LogP contribution in [0.3, 0.4) is 0 Å². The molecule has 1 heterocycles. The lowest BCUT2D eigenvalue weighted by Crippen LogP contribution is -2.42. The molecule has 0 saturated heterocycles. The van der Waals surface area contributed by atoms with Crippen molar-refractivity contribution < 1.29 is 14.7 Å². The van der Waals surface area contributed by atoms with Crippen LogP contribution in [0.15, 0.2) is 24.3 Å². The summed E-state index contributed by atoms with van der Waals surface area (Å²) in [5.74, 6) is 0.239. The number of nitrogens with one attached hydrogen (secondary N) is 1. The summed E-state index contributed by atoms with van der Waals surface area (Å²) in [5.41, 5.74) is 2.25. The van der Waals surface area contributed by atoms with Crippen molar-refractivity contribution in [2.75, 3.05) is 13.1 Å². The molecule has 5 heteroatoms. The van der Waals surface area contributed by atoms with E-state index in [4.69, 9.17) is 0 Å². The number of amides is 2. The standard InChI is InChI=1S/C19H28N2O3/c1-13(2)10-16(23)12-20-19(24)11-18-17-7-5-4-6-15(17)8-9-21(18)14(3)22/h4-7,13,16,18,23H,8-12H2,1-3H3,(H,20,24). The average molecular weight is 332 g/mol. The number of aliphatic hydroxyl groups excluding tert-OH is 1. The fourth-order valence-electron chi connectivity index (χ4n) is 3.36. The minimum absolute atomic E-state index is 0.0119. The van der Waals surface area contributed by atoms with E-state index < -0.39 is 6.10 Å². The SMILES string of the molecule is CC(=O)N1CCc2ccccc2C1CC(=O)NCC(O)CC(C)C. The van der Waals surface area contributed by atoms with Crippen LogP contribution in [-0.2, 0) is 16.0 Å². The van der Waals surface area contributed by atoms with Gasteiger partial charge in [0, 0.05) is 20.0 Å². The number of benzene rings is 1. The highest BCUT2D eigenvalue weighted by Gasteiger charge is 2.30. The van der Waals surface area contributed by atoms with Crippen molar-refractivity contribution in [1.82, 2.24) is 10.2 Å². The third-order valence-electron chi connectivity index (χ3n) is 4.47. The first-order valence-electron chi connectivity index (χ1n) is 8.68. The van der Waals surface area contributed by atoms with Crippen LogP contribution in [0.25, 0.3) is 0 Å². The molecule has 2 amide bonds. The van der Waals surface area contributed by atoms with Crippen molar-refractivity contribution in [3.8, 4) is 0 Å². The highest BCUT2D eigenvalue weighted by atomic mass is 16.3. The predicted molar refractivity (Wildman–Crippen MR) is 93.4 cm³/mol. The Hall–Kier alpha value is -1.88. The molecule has 0 saturated carbocycles. The molecule has 1 aliphatic heterocycles. The summed E-state index contributed by atoms with van der Waals surface area (Å²) in [5, 5.41) is 12.7. The predicted octanol–water partition coefficient (Wildman–Crippen LogP) is 2.05. The van der Waals surface area contributed by atoms with Crippen LogP contribution in [0.1, 0.15) is 50.8 Å². The molecule has 0 fully saturated rings. The van der Waals surface area contributed by atoms with E-state index in [1.54, 1.807) is 11.8 Å². The van der Waals surface area contributed by atoms with E-state index in [1.165, 1.54) is 5.56 Å². The fraction of sp³-hybridized carbons (Fsp3) is 0.579. The van der Waals surface area contributed by atoms with E-state index in [9.17, 15) is 14.7 Å². The van der Waals surface area contributed by atoms with Crippen LogP contribution in [-0.4, -0.2) is 41.0 Å². The Bertz CT molecular complexity index is 586. The van der Waals surface area contributed by atoms with Crippen LogP contribution in [0, 0.1) is 5.92 Å². The van der Waals surface area contributed by atoms with Gasteiger partial charge in [-0.15, -0.1) is 0 Å². The molecular formula is C19H28N2O3. The molecule has 2 rings (SSSR count). The molecule has 2 unspecified atom stereocenters. The topological polar surface area (TPSA) is 69.6 Å². The summed E-state index contributed by atoms with van der Waals surface area (Å²) in [4.78, 5) is 26.0. The van der Waals surface area contributed by atoms with Crippen LogP contribution >= 0.6 is 0 Å². The van der Waals surface area contributed by atoms with Gasteiger partial charge < -0.3 is 15.3 Å². The number of fused-ring (bicyclic) bond motifs is 1. The molecule has 5 nitrogen and oxygen atoms in total. The largest absolute Gasteiger partial charge is 0.391 e. The lowest BCUT2D eigenvalue weighted by Gasteiger charge is -2.36. The summed E-state index contributed by atoms with van der Waals surface area (Å²) in [6.07, 6.45) is 1.18. The minimum Gasteiger partial charge on any atom is -0.391 e. The number of carbonyl (C=O) groups is 2. The van der Waals surface area contributed by atoms with Crippen LogP contribution in [0.4, 0.5) is 0 Å². The van der Waals surface area contributed by atoms with Gasteiger partial charge in [-0.3, -0.25) is 9.59 Å². The third-order valence-corrected chi connectivity index (χ3v) is 4.47. The summed E-state index contributed by atoms with van der Waals surface area (Å²) in [6.45, 7) is 6.51. The maximum absolute atomic E-state index is 12.3. The van der Waals surface area contributed by atoms with Gasteiger partial charge in [-0.2, -0.15) is 0 Å². The first-order valence-corrected chi connectivity index (χ1v) is 8.68. The summed E-state index contributed by atoms with van der Waals surface area (Å²) in [7, 11) is 0. The zero-order chi connectivity index (χ0) is 17.7. The second kappa shape index (κ2) is 8.29. The maximum Gasteiger partial charge on any atom is 0.222 e. The molecular weight excluding hydrogens is 304 g/mol. The normalized spacial score (nSPS) is 18.2. The van der Waals surface area contributed by atoms with Gasteiger partial charge in [0.05, 0.1) is 18.6 Å². The second-order valence-corrected chi connectivity index (χ2v) is 6.97. The number of nitrogens with zero attached hydrogens (tertiary/aromatic N) is 1. The zero-order valence-corrected chi connectivity index (χ0v) is 14.8. The van der Waals surface area contributed by atoms with E-state index >= 15 is 0 Å². The van der Waals surface area contributed by atoms with E-state index in [0.29, 0.717) is 18.9 Å². The monoisotopic (exact) mass is 332 g/mol. The van der Waals surface area contributed by atoms with Crippen molar-refractivity contribution in [3.05, 3.63) is 35.4 Å². The smallest absolute Gasteiger partial charge is 0.222 e. The molecule has 24 heavy (non-hydrogen) atoms. The first kappa shape index (κ1) is 18.5. The molecule has 1 aliphatic rings. The van der Waals surface area contributed by atoms with Crippen LogP contribution < -0.4 is 5.32 Å². The lowest BCUT2D eigenvalue weighted by atomic mass is 9.90. The molecule has 2 N–H and O–H groups in total. The Morgan fingerprint density at radius 3 is 2.71 bits per heavy atom. The Kier molecular flexibility index (Phi) is 6.37. The summed E-state index contributed by atoms with van der Waals surface area (Å²) in [6, 6.07) is 7.76. The Morgan fingerprint density at radius 1 is 1.33 bits per heavy atom. The minimum atomic E-state index is -0.531. The lowest BCUT2D eigenvalue weighted by molar-refractivity contribution is -0.133. The first-order chi connectivity index (χ1) is 11.4. The second-order valence-electron chi connectivity index (χ2n) is 6.97. The van der Waals surface area contributed by atoms with Crippen LogP contribution in [0.2, 0.25) is 0 Å². The number of aliphatic hydroxyl groups is 1. The fourth-order valence-corrected chi connectivity index (χ4v) is 3.36. The van der Waals surface area contributed by atoms with E-state index in [1.807, 2.05) is 32.0 Å². The highest BCUT2D eigenvalue weighted by molar-refractivity contribution is 5.79. The van der Waals surface area contributed by atoms with Crippen molar-refractivity contribution >= 4 is 11.8 Å². The van der Waals surface area contributed by atoms with Gasteiger partial charge in [0.25, 0.3) is 0 Å². The number of hydrogen-bond donors (Lipinski definition) is 2. The Labute approximate surface area is 144 Å². The van der Waals surface area contributed by atoms with Crippen molar-refractivity contribution in [2.24, 2.45) is 5.92 Å². The number of hydrogen-bond acceptors (Lipinski definition) is 3. The molecule has 132 valence electrons.